The Bertz CT molecular complexity index is 102. The molecule has 2 nitrogen and oxygen atoms in total. The molecule has 0 aromatic rings. The van der Waals surface area contributed by atoms with Crippen molar-refractivity contribution in [3.8, 4) is 0 Å². The first kappa shape index (κ1) is 10.9. The highest BCUT2D eigenvalue weighted by molar-refractivity contribution is 4.77. The summed E-state index contributed by atoms with van der Waals surface area (Å²) in [7, 11) is 0. The van der Waals surface area contributed by atoms with Crippen molar-refractivity contribution in [1.29, 1.82) is 0 Å². The molecule has 0 heterocycles. The summed E-state index contributed by atoms with van der Waals surface area (Å²) in [6.45, 7) is 6.01. The standard InChI is InChI=1S/C9H20O2/c1-4-5-9(11,7-10)6-8(2)3/h8,10-11H,4-7H2,1-3H3. The fourth-order valence-electron chi connectivity index (χ4n) is 1.47. The molecule has 0 spiro atoms. The van der Waals surface area contributed by atoms with E-state index in [4.69, 9.17) is 5.11 Å². The lowest BCUT2D eigenvalue weighted by Gasteiger charge is -2.27. The van der Waals surface area contributed by atoms with E-state index in [2.05, 4.69) is 13.8 Å². The second-order valence-electron chi connectivity index (χ2n) is 3.73. The van der Waals surface area contributed by atoms with Crippen molar-refractivity contribution >= 4 is 0 Å². The summed E-state index contributed by atoms with van der Waals surface area (Å²) in [5.74, 6) is 0.443. The van der Waals surface area contributed by atoms with E-state index in [1.54, 1.807) is 0 Å². The molecule has 0 radical (unpaired) electrons. The molecule has 0 aliphatic heterocycles. The van der Waals surface area contributed by atoms with E-state index in [0.717, 1.165) is 6.42 Å². The lowest BCUT2D eigenvalue weighted by molar-refractivity contribution is -0.0370. The monoisotopic (exact) mass is 160 g/mol. The van der Waals surface area contributed by atoms with Gasteiger partial charge in [0.1, 0.15) is 0 Å². The molecule has 0 saturated carbocycles. The van der Waals surface area contributed by atoms with Crippen LogP contribution in [0.15, 0.2) is 0 Å². The van der Waals surface area contributed by atoms with Crippen molar-refractivity contribution < 1.29 is 10.2 Å². The lowest BCUT2D eigenvalue weighted by Crippen LogP contribution is -2.34. The van der Waals surface area contributed by atoms with Crippen LogP contribution in [-0.2, 0) is 0 Å². The van der Waals surface area contributed by atoms with Crippen LogP contribution in [-0.4, -0.2) is 22.4 Å². The van der Waals surface area contributed by atoms with Gasteiger partial charge >= 0.3 is 0 Å². The van der Waals surface area contributed by atoms with E-state index in [1.165, 1.54) is 0 Å². The summed E-state index contributed by atoms with van der Waals surface area (Å²) in [6.07, 6.45) is 2.31. The Morgan fingerprint density at radius 3 is 2.18 bits per heavy atom. The molecular weight excluding hydrogens is 140 g/mol. The van der Waals surface area contributed by atoms with Gasteiger partial charge in [0.15, 0.2) is 0 Å². The first-order valence-corrected chi connectivity index (χ1v) is 4.37. The van der Waals surface area contributed by atoms with Crippen LogP contribution in [0.25, 0.3) is 0 Å². The molecule has 0 aromatic heterocycles. The Labute approximate surface area is 69.2 Å². The number of rotatable bonds is 5. The van der Waals surface area contributed by atoms with Gasteiger partial charge in [-0.25, -0.2) is 0 Å². The molecule has 2 N–H and O–H groups in total. The van der Waals surface area contributed by atoms with Gasteiger partial charge in [-0.15, -0.1) is 0 Å². The maximum atomic E-state index is 9.74. The normalized spacial score (nSPS) is 16.9. The quantitative estimate of drug-likeness (QED) is 0.640. The van der Waals surface area contributed by atoms with Gasteiger partial charge in [-0.05, 0) is 18.8 Å². The lowest BCUT2D eigenvalue weighted by atomic mass is 9.89. The second kappa shape index (κ2) is 4.73. The van der Waals surface area contributed by atoms with Crippen molar-refractivity contribution in [2.45, 2.75) is 45.6 Å². The fraction of sp³-hybridized carbons (Fsp3) is 1.00. The van der Waals surface area contributed by atoms with Crippen LogP contribution in [0, 0.1) is 5.92 Å². The van der Waals surface area contributed by atoms with Gasteiger partial charge in [-0.3, -0.25) is 0 Å². The predicted molar refractivity (Wildman–Crippen MR) is 46.4 cm³/mol. The van der Waals surface area contributed by atoms with Gasteiger partial charge in [0.2, 0.25) is 0 Å². The summed E-state index contributed by atoms with van der Waals surface area (Å²) >= 11 is 0. The highest BCUT2D eigenvalue weighted by atomic mass is 16.3. The largest absolute Gasteiger partial charge is 0.393 e. The van der Waals surface area contributed by atoms with E-state index < -0.39 is 5.60 Å². The molecule has 0 aromatic carbocycles. The van der Waals surface area contributed by atoms with E-state index in [1.807, 2.05) is 6.92 Å². The zero-order valence-corrected chi connectivity index (χ0v) is 7.80. The summed E-state index contributed by atoms with van der Waals surface area (Å²) in [5.41, 5.74) is -0.830. The van der Waals surface area contributed by atoms with Crippen molar-refractivity contribution in [2.24, 2.45) is 5.92 Å². The summed E-state index contributed by atoms with van der Waals surface area (Å²) in [4.78, 5) is 0. The Morgan fingerprint density at radius 2 is 1.91 bits per heavy atom. The van der Waals surface area contributed by atoms with Gasteiger partial charge in [0.25, 0.3) is 0 Å². The van der Waals surface area contributed by atoms with Crippen molar-refractivity contribution in [1.82, 2.24) is 0 Å². The van der Waals surface area contributed by atoms with Crippen LogP contribution in [0.2, 0.25) is 0 Å². The predicted octanol–water partition coefficient (Wildman–Crippen LogP) is 1.56. The van der Waals surface area contributed by atoms with Crippen molar-refractivity contribution in [2.75, 3.05) is 6.61 Å². The van der Waals surface area contributed by atoms with E-state index in [-0.39, 0.29) is 6.61 Å². The Morgan fingerprint density at radius 1 is 1.36 bits per heavy atom. The smallest absolute Gasteiger partial charge is 0.0879 e. The average molecular weight is 160 g/mol. The molecule has 0 fully saturated rings. The molecule has 0 saturated heterocycles. The molecule has 1 unspecified atom stereocenters. The van der Waals surface area contributed by atoms with Gasteiger partial charge in [-0.1, -0.05) is 27.2 Å². The SMILES string of the molecule is CCCC(O)(CO)CC(C)C. The number of hydrogen-bond acceptors (Lipinski definition) is 2. The first-order chi connectivity index (χ1) is 5.04. The third-order valence-electron chi connectivity index (χ3n) is 1.80. The third-order valence-corrected chi connectivity index (χ3v) is 1.80. The molecule has 0 aliphatic carbocycles. The van der Waals surface area contributed by atoms with Gasteiger partial charge in [-0.2, -0.15) is 0 Å². The van der Waals surface area contributed by atoms with E-state index in [0.29, 0.717) is 18.8 Å². The van der Waals surface area contributed by atoms with Crippen LogP contribution in [0.5, 0.6) is 0 Å². The topological polar surface area (TPSA) is 40.5 Å². The fourth-order valence-corrected chi connectivity index (χ4v) is 1.47. The maximum Gasteiger partial charge on any atom is 0.0879 e. The van der Waals surface area contributed by atoms with Crippen molar-refractivity contribution in [3.63, 3.8) is 0 Å². The summed E-state index contributed by atoms with van der Waals surface area (Å²) in [5, 5.41) is 18.7. The average Bonchev–Trinajstić information content (AvgIpc) is 1.87. The zero-order chi connectivity index (χ0) is 8.91. The number of hydrogen-bond donors (Lipinski definition) is 2. The van der Waals surface area contributed by atoms with Gasteiger partial charge in [0, 0.05) is 0 Å². The minimum Gasteiger partial charge on any atom is -0.393 e. The molecule has 0 aliphatic rings. The third kappa shape index (κ3) is 4.38. The molecule has 0 amide bonds. The molecule has 68 valence electrons. The second-order valence-corrected chi connectivity index (χ2v) is 3.73. The molecule has 1 atom stereocenters. The molecular formula is C9H20O2. The van der Waals surface area contributed by atoms with Crippen LogP contribution in [0.3, 0.4) is 0 Å². The highest BCUT2D eigenvalue weighted by Gasteiger charge is 2.25. The molecule has 2 heteroatoms. The minimum atomic E-state index is -0.830. The molecule has 0 bridgehead atoms. The maximum absolute atomic E-state index is 9.74. The van der Waals surface area contributed by atoms with Crippen LogP contribution < -0.4 is 0 Å². The van der Waals surface area contributed by atoms with Crippen molar-refractivity contribution in [3.05, 3.63) is 0 Å². The Kier molecular flexibility index (Phi) is 4.69. The van der Waals surface area contributed by atoms with Crippen LogP contribution >= 0.6 is 0 Å². The minimum absolute atomic E-state index is 0.112. The van der Waals surface area contributed by atoms with Crippen LogP contribution in [0.4, 0.5) is 0 Å². The zero-order valence-electron chi connectivity index (χ0n) is 7.80. The summed E-state index contributed by atoms with van der Waals surface area (Å²) in [6, 6.07) is 0. The number of aliphatic hydroxyl groups is 2. The van der Waals surface area contributed by atoms with Gasteiger partial charge < -0.3 is 10.2 Å². The Balaban J connectivity index is 3.87. The molecule has 11 heavy (non-hydrogen) atoms. The highest BCUT2D eigenvalue weighted by Crippen LogP contribution is 2.21. The summed E-state index contributed by atoms with van der Waals surface area (Å²) < 4.78 is 0. The van der Waals surface area contributed by atoms with Gasteiger partial charge in [0.05, 0.1) is 12.2 Å². The van der Waals surface area contributed by atoms with E-state index in [9.17, 15) is 5.11 Å². The first-order valence-electron chi connectivity index (χ1n) is 4.37. The van der Waals surface area contributed by atoms with E-state index >= 15 is 0 Å². The molecule has 0 rings (SSSR count). The number of aliphatic hydroxyl groups excluding tert-OH is 1. The van der Waals surface area contributed by atoms with Crippen LogP contribution in [0.1, 0.15) is 40.0 Å². The Hall–Kier alpha value is -0.0800.